The summed E-state index contributed by atoms with van der Waals surface area (Å²) in [6.07, 6.45) is 0.840. The Bertz CT molecular complexity index is 790. The van der Waals surface area contributed by atoms with Crippen LogP contribution < -0.4 is 14.8 Å². The van der Waals surface area contributed by atoms with Gasteiger partial charge in [-0.3, -0.25) is 9.52 Å². The number of hydrogen-bond donors (Lipinski definition) is 2. The Balaban J connectivity index is 1.96. The maximum absolute atomic E-state index is 12.3. The lowest BCUT2D eigenvalue weighted by Crippen LogP contribution is -2.35. The molecule has 0 bridgehead atoms. The second kappa shape index (κ2) is 8.53. The molecule has 0 unspecified atom stereocenters. The van der Waals surface area contributed by atoms with Crippen molar-refractivity contribution < 1.29 is 17.9 Å². The van der Waals surface area contributed by atoms with Crippen LogP contribution in [0.5, 0.6) is 5.75 Å². The Labute approximate surface area is 148 Å². The van der Waals surface area contributed by atoms with E-state index in [1.54, 1.807) is 30.3 Å². The third-order valence-electron chi connectivity index (χ3n) is 3.55. The molecule has 0 radical (unpaired) electrons. The van der Waals surface area contributed by atoms with Crippen LogP contribution in [0, 0.1) is 0 Å². The standard InChI is InChI=1S/C18H22N2O4S/c1-3-14(2)19-18(21)13-24-16-9-11-17(12-10-16)25(22,23)20-15-7-5-4-6-8-15/h4-12,14,20H,3,13H2,1-2H3,(H,19,21)/t14-/m1/s1. The average Bonchev–Trinajstić information content (AvgIpc) is 2.60. The minimum atomic E-state index is -3.67. The Morgan fingerprint density at radius 3 is 2.32 bits per heavy atom. The van der Waals surface area contributed by atoms with Gasteiger partial charge in [0, 0.05) is 11.7 Å². The molecule has 0 aromatic heterocycles. The highest BCUT2D eigenvalue weighted by Gasteiger charge is 2.14. The van der Waals surface area contributed by atoms with Gasteiger partial charge in [0.25, 0.3) is 15.9 Å². The molecule has 0 aliphatic carbocycles. The molecule has 0 spiro atoms. The molecule has 6 nitrogen and oxygen atoms in total. The number of carbonyl (C=O) groups excluding carboxylic acids is 1. The zero-order valence-corrected chi connectivity index (χ0v) is 15.0. The summed E-state index contributed by atoms with van der Waals surface area (Å²) in [5.74, 6) is 0.217. The van der Waals surface area contributed by atoms with E-state index in [1.807, 2.05) is 13.8 Å². The highest BCUT2D eigenvalue weighted by molar-refractivity contribution is 7.92. The topological polar surface area (TPSA) is 84.5 Å². The van der Waals surface area contributed by atoms with E-state index in [9.17, 15) is 13.2 Å². The molecule has 0 heterocycles. The first-order valence-electron chi connectivity index (χ1n) is 8.01. The number of carbonyl (C=O) groups is 1. The van der Waals surface area contributed by atoms with Crippen LogP contribution in [0.1, 0.15) is 20.3 Å². The van der Waals surface area contributed by atoms with Crippen molar-refractivity contribution >= 4 is 21.6 Å². The number of anilines is 1. The number of sulfonamides is 1. The van der Waals surface area contributed by atoms with Gasteiger partial charge in [0.1, 0.15) is 5.75 Å². The Morgan fingerprint density at radius 1 is 1.08 bits per heavy atom. The summed E-state index contributed by atoms with van der Waals surface area (Å²) in [4.78, 5) is 11.8. The van der Waals surface area contributed by atoms with Crippen LogP contribution >= 0.6 is 0 Å². The molecular weight excluding hydrogens is 340 g/mol. The number of rotatable bonds is 8. The van der Waals surface area contributed by atoms with E-state index in [1.165, 1.54) is 24.3 Å². The molecule has 2 aromatic carbocycles. The zero-order valence-electron chi connectivity index (χ0n) is 14.2. The summed E-state index contributed by atoms with van der Waals surface area (Å²) >= 11 is 0. The van der Waals surface area contributed by atoms with E-state index < -0.39 is 10.0 Å². The second-order valence-electron chi connectivity index (χ2n) is 5.61. The van der Waals surface area contributed by atoms with Crippen LogP contribution in [-0.4, -0.2) is 27.0 Å². The first kappa shape index (κ1) is 18.8. The molecule has 134 valence electrons. The molecule has 0 fully saturated rings. The maximum atomic E-state index is 12.3. The highest BCUT2D eigenvalue weighted by atomic mass is 32.2. The number of amides is 1. The van der Waals surface area contributed by atoms with Crippen molar-refractivity contribution in [1.29, 1.82) is 0 Å². The minimum Gasteiger partial charge on any atom is -0.484 e. The fraction of sp³-hybridized carbons (Fsp3) is 0.278. The number of ether oxygens (including phenoxy) is 1. The summed E-state index contributed by atoms with van der Waals surface area (Å²) in [6, 6.07) is 14.7. The monoisotopic (exact) mass is 362 g/mol. The summed E-state index contributed by atoms with van der Waals surface area (Å²) in [5, 5.41) is 2.79. The number of para-hydroxylation sites is 1. The lowest BCUT2D eigenvalue weighted by molar-refractivity contribution is -0.123. The molecule has 1 atom stereocenters. The molecule has 2 rings (SSSR count). The molecule has 2 N–H and O–H groups in total. The maximum Gasteiger partial charge on any atom is 0.261 e. The normalized spacial score (nSPS) is 12.2. The van der Waals surface area contributed by atoms with Gasteiger partial charge in [0.15, 0.2) is 6.61 Å². The van der Waals surface area contributed by atoms with Crippen molar-refractivity contribution in [2.24, 2.45) is 0 Å². The lowest BCUT2D eigenvalue weighted by Gasteiger charge is -2.12. The molecule has 0 aliphatic rings. The molecule has 25 heavy (non-hydrogen) atoms. The van der Waals surface area contributed by atoms with Gasteiger partial charge < -0.3 is 10.1 Å². The van der Waals surface area contributed by atoms with Crippen LogP contribution in [0.2, 0.25) is 0 Å². The van der Waals surface area contributed by atoms with Gasteiger partial charge in [-0.15, -0.1) is 0 Å². The van der Waals surface area contributed by atoms with Gasteiger partial charge >= 0.3 is 0 Å². The van der Waals surface area contributed by atoms with Crippen molar-refractivity contribution in [3.05, 3.63) is 54.6 Å². The summed E-state index contributed by atoms with van der Waals surface area (Å²) < 4.78 is 32.5. The molecule has 7 heteroatoms. The third kappa shape index (κ3) is 5.79. The van der Waals surface area contributed by atoms with Crippen LogP contribution in [0.4, 0.5) is 5.69 Å². The highest BCUT2D eigenvalue weighted by Crippen LogP contribution is 2.19. The van der Waals surface area contributed by atoms with Crippen molar-refractivity contribution in [2.45, 2.75) is 31.2 Å². The van der Waals surface area contributed by atoms with Crippen LogP contribution in [0.15, 0.2) is 59.5 Å². The Hall–Kier alpha value is -2.54. The zero-order chi connectivity index (χ0) is 18.3. The van der Waals surface area contributed by atoms with E-state index >= 15 is 0 Å². The fourth-order valence-corrected chi connectivity index (χ4v) is 3.06. The predicted octanol–water partition coefficient (Wildman–Crippen LogP) is 2.78. The van der Waals surface area contributed by atoms with E-state index in [-0.39, 0.29) is 23.5 Å². The average molecular weight is 362 g/mol. The van der Waals surface area contributed by atoms with E-state index in [4.69, 9.17) is 4.74 Å². The number of hydrogen-bond acceptors (Lipinski definition) is 4. The van der Waals surface area contributed by atoms with E-state index in [0.29, 0.717) is 11.4 Å². The van der Waals surface area contributed by atoms with Gasteiger partial charge in [-0.2, -0.15) is 0 Å². The SMILES string of the molecule is CC[C@@H](C)NC(=O)COc1ccc(S(=O)(=O)Nc2ccccc2)cc1. The van der Waals surface area contributed by atoms with Gasteiger partial charge in [0.2, 0.25) is 0 Å². The van der Waals surface area contributed by atoms with Gasteiger partial charge in [-0.05, 0) is 49.7 Å². The summed E-state index contributed by atoms with van der Waals surface area (Å²) in [6.45, 7) is 3.78. The van der Waals surface area contributed by atoms with Crippen molar-refractivity contribution in [2.75, 3.05) is 11.3 Å². The molecule has 1 amide bonds. The Morgan fingerprint density at radius 2 is 1.72 bits per heavy atom. The van der Waals surface area contributed by atoms with Gasteiger partial charge in [0.05, 0.1) is 4.90 Å². The summed E-state index contributed by atoms with van der Waals surface area (Å²) in [7, 11) is -3.67. The number of nitrogens with one attached hydrogen (secondary N) is 2. The molecule has 0 saturated heterocycles. The first-order chi connectivity index (χ1) is 11.9. The predicted molar refractivity (Wildman–Crippen MR) is 97.1 cm³/mol. The van der Waals surface area contributed by atoms with Crippen molar-refractivity contribution in [3.63, 3.8) is 0 Å². The smallest absolute Gasteiger partial charge is 0.261 e. The molecular formula is C18H22N2O4S. The van der Waals surface area contributed by atoms with Crippen LogP contribution in [0.25, 0.3) is 0 Å². The Kier molecular flexibility index (Phi) is 6.41. The molecule has 0 saturated carbocycles. The largest absolute Gasteiger partial charge is 0.484 e. The minimum absolute atomic E-state index is 0.0904. The summed E-state index contributed by atoms with van der Waals surface area (Å²) in [5.41, 5.74) is 0.490. The van der Waals surface area contributed by atoms with Crippen molar-refractivity contribution in [1.82, 2.24) is 5.32 Å². The molecule has 2 aromatic rings. The quantitative estimate of drug-likeness (QED) is 0.756. The van der Waals surface area contributed by atoms with E-state index in [2.05, 4.69) is 10.0 Å². The molecule has 0 aliphatic heterocycles. The van der Waals surface area contributed by atoms with E-state index in [0.717, 1.165) is 6.42 Å². The fourth-order valence-electron chi connectivity index (χ4n) is 2.00. The lowest BCUT2D eigenvalue weighted by atomic mass is 10.2. The number of benzene rings is 2. The van der Waals surface area contributed by atoms with Gasteiger partial charge in [-0.25, -0.2) is 8.42 Å². The second-order valence-corrected chi connectivity index (χ2v) is 7.29. The van der Waals surface area contributed by atoms with Crippen LogP contribution in [0.3, 0.4) is 0 Å². The van der Waals surface area contributed by atoms with Crippen LogP contribution in [-0.2, 0) is 14.8 Å². The third-order valence-corrected chi connectivity index (χ3v) is 4.95. The van der Waals surface area contributed by atoms with Crippen molar-refractivity contribution in [3.8, 4) is 5.75 Å². The first-order valence-corrected chi connectivity index (χ1v) is 9.49. The van der Waals surface area contributed by atoms with Gasteiger partial charge in [-0.1, -0.05) is 25.1 Å².